The van der Waals surface area contributed by atoms with Crippen molar-refractivity contribution < 1.29 is 22.7 Å². The number of benzene rings is 2. The van der Waals surface area contributed by atoms with Crippen LogP contribution in [0.4, 0.5) is 5.13 Å². The highest BCUT2D eigenvalue weighted by Crippen LogP contribution is 2.29. The van der Waals surface area contributed by atoms with Crippen LogP contribution in [-0.4, -0.2) is 49.3 Å². The Bertz CT molecular complexity index is 1270. The van der Waals surface area contributed by atoms with Gasteiger partial charge in [-0.25, -0.2) is 18.2 Å². The van der Waals surface area contributed by atoms with Crippen molar-refractivity contribution >= 4 is 38.4 Å². The number of anilines is 1. The number of carbonyl (C=O) groups is 2. The van der Waals surface area contributed by atoms with Crippen LogP contribution in [0, 0.1) is 6.92 Å². The molecule has 0 spiro atoms. The van der Waals surface area contributed by atoms with E-state index in [4.69, 9.17) is 4.74 Å². The van der Waals surface area contributed by atoms with Crippen molar-refractivity contribution in [2.75, 3.05) is 19.0 Å². The normalized spacial score (nSPS) is 16.5. The monoisotopic (exact) mass is 485 g/mol. The highest BCUT2D eigenvalue weighted by atomic mass is 32.2. The predicted octanol–water partition coefficient (Wildman–Crippen LogP) is 3.70. The molecule has 2 heterocycles. The molecule has 1 fully saturated rings. The second-order valence-corrected chi connectivity index (χ2v) is 10.4. The lowest BCUT2D eigenvalue weighted by molar-refractivity contribution is -0.119. The average Bonchev–Trinajstić information content (AvgIpc) is 3.49. The van der Waals surface area contributed by atoms with Crippen LogP contribution in [0.3, 0.4) is 0 Å². The van der Waals surface area contributed by atoms with E-state index in [-0.39, 0.29) is 4.90 Å². The molecule has 2 aromatic carbocycles. The van der Waals surface area contributed by atoms with Gasteiger partial charge < -0.3 is 10.1 Å². The van der Waals surface area contributed by atoms with E-state index in [1.54, 1.807) is 53.9 Å². The maximum absolute atomic E-state index is 13.1. The first-order valence-electron chi connectivity index (χ1n) is 10.3. The Labute approximate surface area is 196 Å². The number of rotatable bonds is 6. The number of amides is 1. The summed E-state index contributed by atoms with van der Waals surface area (Å²) in [6.07, 6.45) is 1.06. The van der Waals surface area contributed by atoms with Crippen molar-refractivity contribution in [1.29, 1.82) is 0 Å². The maximum Gasteiger partial charge on any atom is 0.337 e. The third-order valence-corrected chi connectivity index (χ3v) is 8.15. The van der Waals surface area contributed by atoms with E-state index in [1.165, 1.54) is 22.8 Å². The molecule has 172 valence electrons. The predicted molar refractivity (Wildman–Crippen MR) is 126 cm³/mol. The molecule has 1 saturated heterocycles. The highest BCUT2D eigenvalue weighted by molar-refractivity contribution is 7.89. The zero-order valence-corrected chi connectivity index (χ0v) is 19.8. The van der Waals surface area contributed by atoms with Crippen LogP contribution < -0.4 is 5.32 Å². The molecule has 0 radical (unpaired) electrons. The second-order valence-electron chi connectivity index (χ2n) is 7.68. The van der Waals surface area contributed by atoms with Gasteiger partial charge in [-0.1, -0.05) is 29.8 Å². The number of sulfonamides is 1. The lowest BCUT2D eigenvalue weighted by atomic mass is 10.1. The Kier molecular flexibility index (Phi) is 6.59. The molecule has 0 aliphatic carbocycles. The number of hydrogen-bond acceptors (Lipinski definition) is 7. The minimum absolute atomic E-state index is 0.180. The summed E-state index contributed by atoms with van der Waals surface area (Å²) in [5.74, 6) is -0.820. The lowest BCUT2D eigenvalue weighted by Gasteiger charge is -2.23. The fraction of sp³-hybridized carbons (Fsp3) is 0.261. The Hall–Kier alpha value is -3.08. The molecule has 1 aliphatic rings. The van der Waals surface area contributed by atoms with Gasteiger partial charge in [-0.05, 0) is 44.0 Å². The average molecular weight is 486 g/mol. The molecule has 3 aromatic rings. The van der Waals surface area contributed by atoms with E-state index in [0.29, 0.717) is 35.8 Å². The fourth-order valence-corrected chi connectivity index (χ4v) is 6.06. The number of aryl methyl sites for hydroxylation is 1. The number of thiazole rings is 1. The number of nitrogens with zero attached hydrogens (tertiary/aromatic N) is 2. The van der Waals surface area contributed by atoms with Gasteiger partial charge in [0.1, 0.15) is 6.04 Å². The van der Waals surface area contributed by atoms with Gasteiger partial charge >= 0.3 is 5.97 Å². The number of methoxy groups -OCH3 is 1. The first kappa shape index (κ1) is 23.1. The van der Waals surface area contributed by atoms with E-state index in [2.05, 4.69) is 10.3 Å². The van der Waals surface area contributed by atoms with Crippen molar-refractivity contribution in [3.05, 3.63) is 65.0 Å². The second kappa shape index (κ2) is 9.42. The Morgan fingerprint density at radius 3 is 2.48 bits per heavy atom. The number of ether oxygens (including phenoxy) is 1. The summed E-state index contributed by atoms with van der Waals surface area (Å²) in [6.45, 7) is 2.18. The molecule has 1 amide bonds. The van der Waals surface area contributed by atoms with E-state index in [0.717, 1.165) is 11.1 Å². The fourth-order valence-electron chi connectivity index (χ4n) is 3.68. The molecule has 1 aromatic heterocycles. The van der Waals surface area contributed by atoms with E-state index < -0.39 is 27.9 Å². The van der Waals surface area contributed by atoms with E-state index >= 15 is 0 Å². The topological polar surface area (TPSA) is 106 Å². The summed E-state index contributed by atoms with van der Waals surface area (Å²) >= 11 is 1.25. The molecule has 1 aliphatic heterocycles. The molecule has 1 unspecified atom stereocenters. The lowest BCUT2D eigenvalue weighted by Crippen LogP contribution is -2.43. The minimum Gasteiger partial charge on any atom is -0.465 e. The van der Waals surface area contributed by atoms with Gasteiger partial charge in [-0.3, -0.25) is 4.79 Å². The minimum atomic E-state index is -3.78. The third-order valence-electron chi connectivity index (χ3n) is 5.47. The molecular formula is C23H23N3O5S2. The van der Waals surface area contributed by atoms with Crippen LogP contribution in [0.2, 0.25) is 0 Å². The van der Waals surface area contributed by atoms with Crippen LogP contribution in [0.15, 0.2) is 58.8 Å². The van der Waals surface area contributed by atoms with Crippen LogP contribution in [0.1, 0.15) is 28.8 Å². The number of aromatic nitrogens is 1. The molecule has 33 heavy (non-hydrogen) atoms. The first-order chi connectivity index (χ1) is 15.8. The zero-order chi connectivity index (χ0) is 23.6. The Morgan fingerprint density at radius 1 is 1.12 bits per heavy atom. The standard InChI is InChI=1S/C23H23N3O5S2/c1-15-5-11-18(12-6-15)33(29,30)26-13-3-4-20(26)21(27)25-23-24-19(14-32-23)16-7-9-17(10-8-16)22(28)31-2/h5-12,14,20H,3-4,13H2,1-2H3,(H,24,25,27). The molecule has 10 heteroatoms. The van der Waals surface area contributed by atoms with Gasteiger partial charge in [-0.2, -0.15) is 4.31 Å². The summed E-state index contributed by atoms with van der Waals surface area (Å²) < 4.78 is 32.2. The van der Waals surface area contributed by atoms with Crippen LogP contribution in [0.25, 0.3) is 11.3 Å². The Morgan fingerprint density at radius 2 is 1.82 bits per heavy atom. The molecule has 0 bridgehead atoms. The van der Waals surface area contributed by atoms with Crippen molar-refractivity contribution in [3.63, 3.8) is 0 Å². The third kappa shape index (κ3) is 4.82. The summed E-state index contributed by atoms with van der Waals surface area (Å²) in [4.78, 5) is 29.2. The Balaban J connectivity index is 1.47. The van der Waals surface area contributed by atoms with Crippen molar-refractivity contribution in [2.45, 2.75) is 30.7 Å². The van der Waals surface area contributed by atoms with E-state index in [1.807, 2.05) is 6.92 Å². The van der Waals surface area contributed by atoms with Gasteiger partial charge in [0, 0.05) is 17.5 Å². The number of carbonyl (C=O) groups excluding carboxylic acids is 2. The van der Waals surface area contributed by atoms with Crippen molar-refractivity contribution in [1.82, 2.24) is 9.29 Å². The van der Waals surface area contributed by atoms with E-state index in [9.17, 15) is 18.0 Å². The van der Waals surface area contributed by atoms with Crippen LogP contribution >= 0.6 is 11.3 Å². The molecule has 4 rings (SSSR count). The zero-order valence-electron chi connectivity index (χ0n) is 18.1. The highest BCUT2D eigenvalue weighted by Gasteiger charge is 2.39. The summed E-state index contributed by atoms with van der Waals surface area (Å²) in [5.41, 5.74) is 2.82. The summed E-state index contributed by atoms with van der Waals surface area (Å²) in [7, 11) is -2.45. The number of nitrogens with one attached hydrogen (secondary N) is 1. The van der Waals surface area contributed by atoms with Gasteiger partial charge in [-0.15, -0.1) is 11.3 Å². The van der Waals surface area contributed by atoms with Crippen molar-refractivity contribution in [2.24, 2.45) is 0 Å². The van der Waals surface area contributed by atoms with Gasteiger partial charge in [0.2, 0.25) is 15.9 Å². The smallest absolute Gasteiger partial charge is 0.337 e. The maximum atomic E-state index is 13.1. The van der Waals surface area contributed by atoms with Gasteiger partial charge in [0.15, 0.2) is 5.13 Å². The van der Waals surface area contributed by atoms with Gasteiger partial charge in [0.25, 0.3) is 0 Å². The first-order valence-corrected chi connectivity index (χ1v) is 12.7. The number of hydrogen-bond donors (Lipinski definition) is 1. The van der Waals surface area contributed by atoms with Crippen molar-refractivity contribution in [3.8, 4) is 11.3 Å². The molecule has 1 atom stereocenters. The summed E-state index contributed by atoms with van der Waals surface area (Å²) in [6, 6.07) is 12.6. The number of esters is 1. The molecule has 8 nitrogen and oxygen atoms in total. The molecular weight excluding hydrogens is 462 g/mol. The molecule has 0 saturated carbocycles. The van der Waals surface area contributed by atoms with Gasteiger partial charge in [0.05, 0.1) is 23.3 Å². The largest absolute Gasteiger partial charge is 0.465 e. The quantitative estimate of drug-likeness (QED) is 0.534. The SMILES string of the molecule is COC(=O)c1ccc(-c2csc(NC(=O)C3CCCN3S(=O)(=O)c3ccc(C)cc3)n2)cc1. The van der Waals surface area contributed by atoms with Crippen LogP contribution in [-0.2, 0) is 19.6 Å². The summed E-state index contributed by atoms with van der Waals surface area (Å²) in [5, 5.41) is 4.93. The molecule has 1 N–H and O–H groups in total. The van der Waals surface area contributed by atoms with Crippen LogP contribution in [0.5, 0.6) is 0 Å².